The van der Waals surface area contributed by atoms with Crippen LogP contribution in [0.3, 0.4) is 0 Å². The van der Waals surface area contributed by atoms with Crippen molar-refractivity contribution in [3.05, 3.63) is 41.7 Å². The quantitative estimate of drug-likeness (QED) is 0.939. The van der Waals surface area contributed by atoms with Crippen molar-refractivity contribution in [2.75, 3.05) is 18.4 Å². The summed E-state index contributed by atoms with van der Waals surface area (Å²) in [4.78, 5) is 23.3. The molecule has 0 aliphatic carbocycles. The number of carbonyl (C=O) groups is 1. The van der Waals surface area contributed by atoms with Gasteiger partial charge < -0.3 is 14.6 Å². The zero-order valence-electron chi connectivity index (χ0n) is 13.4. The highest BCUT2D eigenvalue weighted by Gasteiger charge is 2.19. The van der Waals surface area contributed by atoms with E-state index in [0.717, 1.165) is 31.7 Å². The van der Waals surface area contributed by atoms with Gasteiger partial charge in [0, 0.05) is 19.2 Å². The van der Waals surface area contributed by atoms with Gasteiger partial charge in [-0.2, -0.15) is 0 Å². The van der Waals surface area contributed by atoms with Crippen molar-refractivity contribution < 1.29 is 9.21 Å². The third kappa shape index (κ3) is 4.09. The number of amides is 1. The van der Waals surface area contributed by atoms with Crippen molar-refractivity contribution in [2.45, 2.75) is 39.2 Å². The molecule has 0 atom stereocenters. The summed E-state index contributed by atoms with van der Waals surface area (Å²) in [6, 6.07) is 5.46. The Labute approximate surface area is 135 Å². The Morgan fingerprint density at radius 1 is 1.26 bits per heavy atom. The maximum atomic E-state index is 12.7. The predicted molar refractivity (Wildman–Crippen MR) is 87.2 cm³/mol. The molecule has 1 aliphatic rings. The highest BCUT2D eigenvalue weighted by molar-refractivity contribution is 5.93. The van der Waals surface area contributed by atoms with E-state index in [1.807, 2.05) is 17.0 Å². The van der Waals surface area contributed by atoms with Crippen LogP contribution in [-0.2, 0) is 6.54 Å². The minimum Gasteiger partial charge on any atom is -0.467 e. The number of furan rings is 1. The van der Waals surface area contributed by atoms with Gasteiger partial charge in [-0.25, -0.2) is 9.97 Å². The molecule has 1 aliphatic heterocycles. The molecule has 1 amide bonds. The highest BCUT2D eigenvalue weighted by Crippen LogP contribution is 2.15. The van der Waals surface area contributed by atoms with E-state index < -0.39 is 0 Å². The first-order valence-electron chi connectivity index (χ1n) is 8.13. The second-order valence-corrected chi connectivity index (χ2v) is 5.82. The smallest absolute Gasteiger partial charge is 0.272 e. The zero-order chi connectivity index (χ0) is 16.1. The number of hydrogen-bond donors (Lipinski definition) is 1. The number of aromatic nitrogens is 2. The van der Waals surface area contributed by atoms with Gasteiger partial charge in [0.1, 0.15) is 23.1 Å². The molecule has 2 aromatic rings. The lowest BCUT2D eigenvalue weighted by atomic mass is 10.2. The van der Waals surface area contributed by atoms with E-state index >= 15 is 0 Å². The van der Waals surface area contributed by atoms with Gasteiger partial charge in [0.15, 0.2) is 0 Å². The number of aryl methyl sites for hydroxylation is 1. The fourth-order valence-electron chi connectivity index (χ4n) is 2.79. The fraction of sp³-hybridized carbons (Fsp3) is 0.471. The van der Waals surface area contributed by atoms with Gasteiger partial charge in [-0.15, -0.1) is 0 Å². The number of nitrogens with zero attached hydrogens (tertiary/aromatic N) is 3. The average molecular weight is 314 g/mol. The Bertz CT molecular complexity index is 647. The van der Waals surface area contributed by atoms with E-state index in [-0.39, 0.29) is 5.91 Å². The Morgan fingerprint density at radius 3 is 2.74 bits per heavy atom. The molecule has 0 aromatic carbocycles. The van der Waals surface area contributed by atoms with E-state index in [2.05, 4.69) is 15.3 Å². The molecule has 6 heteroatoms. The van der Waals surface area contributed by atoms with Gasteiger partial charge in [-0.3, -0.25) is 4.79 Å². The normalized spacial score (nSPS) is 15.3. The molecule has 0 bridgehead atoms. The molecule has 122 valence electrons. The van der Waals surface area contributed by atoms with Crippen LogP contribution in [-0.4, -0.2) is 33.9 Å². The molecule has 1 fully saturated rings. The van der Waals surface area contributed by atoms with Crippen LogP contribution in [0.2, 0.25) is 0 Å². The Hall–Kier alpha value is -2.37. The standard InChI is InChI=1S/C17H22N4O2/c1-13-19-15(17(22)21-8-4-2-3-5-9-21)11-16(20-13)18-12-14-7-6-10-23-14/h6-7,10-11H,2-5,8-9,12H2,1H3,(H,18,19,20). The summed E-state index contributed by atoms with van der Waals surface area (Å²) >= 11 is 0. The number of carbonyl (C=O) groups excluding carboxylic acids is 1. The lowest BCUT2D eigenvalue weighted by molar-refractivity contribution is 0.0755. The van der Waals surface area contributed by atoms with Crippen molar-refractivity contribution in [3.63, 3.8) is 0 Å². The van der Waals surface area contributed by atoms with Gasteiger partial charge >= 0.3 is 0 Å². The number of hydrogen-bond acceptors (Lipinski definition) is 5. The second kappa shape index (κ2) is 7.26. The number of rotatable bonds is 4. The van der Waals surface area contributed by atoms with E-state index in [4.69, 9.17) is 4.42 Å². The zero-order valence-corrected chi connectivity index (χ0v) is 13.4. The van der Waals surface area contributed by atoms with Crippen LogP contribution in [0.4, 0.5) is 5.82 Å². The number of nitrogens with one attached hydrogen (secondary N) is 1. The summed E-state index contributed by atoms with van der Waals surface area (Å²) in [5.74, 6) is 2.06. The molecular weight excluding hydrogens is 292 g/mol. The van der Waals surface area contributed by atoms with Gasteiger partial charge in [-0.05, 0) is 31.9 Å². The minimum atomic E-state index is -0.00144. The first-order valence-corrected chi connectivity index (χ1v) is 8.13. The predicted octanol–water partition coefficient (Wildman–Crippen LogP) is 3.01. The van der Waals surface area contributed by atoms with Gasteiger partial charge in [-0.1, -0.05) is 12.8 Å². The number of anilines is 1. The van der Waals surface area contributed by atoms with E-state index in [1.165, 1.54) is 12.8 Å². The van der Waals surface area contributed by atoms with Crippen LogP contribution in [0.5, 0.6) is 0 Å². The molecule has 0 spiro atoms. The van der Waals surface area contributed by atoms with Crippen LogP contribution in [0.1, 0.15) is 47.8 Å². The summed E-state index contributed by atoms with van der Waals surface area (Å²) in [5.41, 5.74) is 0.460. The molecule has 23 heavy (non-hydrogen) atoms. The minimum absolute atomic E-state index is 0.00144. The molecule has 0 saturated carbocycles. The Balaban J connectivity index is 1.72. The van der Waals surface area contributed by atoms with Crippen LogP contribution in [0.25, 0.3) is 0 Å². The van der Waals surface area contributed by atoms with Crippen LogP contribution < -0.4 is 5.32 Å². The lowest BCUT2D eigenvalue weighted by Gasteiger charge is -2.20. The van der Waals surface area contributed by atoms with Crippen molar-refractivity contribution in [2.24, 2.45) is 0 Å². The number of likely N-dealkylation sites (tertiary alicyclic amines) is 1. The van der Waals surface area contributed by atoms with Gasteiger partial charge in [0.25, 0.3) is 5.91 Å². The molecule has 6 nitrogen and oxygen atoms in total. The molecule has 2 aromatic heterocycles. The SMILES string of the molecule is Cc1nc(NCc2ccco2)cc(C(=O)N2CCCCCC2)n1. The van der Waals surface area contributed by atoms with E-state index in [9.17, 15) is 4.79 Å². The molecule has 1 saturated heterocycles. The summed E-state index contributed by atoms with van der Waals surface area (Å²) in [5, 5.41) is 3.18. The monoisotopic (exact) mass is 314 g/mol. The van der Waals surface area contributed by atoms with Gasteiger partial charge in [0.05, 0.1) is 12.8 Å². The van der Waals surface area contributed by atoms with E-state index in [1.54, 1.807) is 19.3 Å². The van der Waals surface area contributed by atoms with Crippen molar-refractivity contribution >= 4 is 11.7 Å². The van der Waals surface area contributed by atoms with Crippen LogP contribution in [0.15, 0.2) is 28.9 Å². The molecule has 0 unspecified atom stereocenters. The van der Waals surface area contributed by atoms with Crippen molar-refractivity contribution in [1.29, 1.82) is 0 Å². The molecule has 1 N–H and O–H groups in total. The maximum absolute atomic E-state index is 12.7. The average Bonchev–Trinajstić information content (AvgIpc) is 2.92. The largest absolute Gasteiger partial charge is 0.467 e. The van der Waals surface area contributed by atoms with Crippen LogP contribution >= 0.6 is 0 Å². The molecule has 0 radical (unpaired) electrons. The Morgan fingerprint density at radius 2 is 2.04 bits per heavy atom. The molecule has 3 heterocycles. The highest BCUT2D eigenvalue weighted by atomic mass is 16.3. The summed E-state index contributed by atoms with van der Waals surface area (Å²) < 4.78 is 5.29. The first kappa shape index (κ1) is 15.5. The molecular formula is C17H22N4O2. The summed E-state index contributed by atoms with van der Waals surface area (Å²) in [7, 11) is 0. The summed E-state index contributed by atoms with van der Waals surface area (Å²) in [6.07, 6.45) is 6.17. The topological polar surface area (TPSA) is 71.3 Å². The van der Waals surface area contributed by atoms with Crippen molar-refractivity contribution in [1.82, 2.24) is 14.9 Å². The van der Waals surface area contributed by atoms with Gasteiger partial charge in [0.2, 0.25) is 0 Å². The Kier molecular flexibility index (Phi) is 4.90. The van der Waals surface area contributed by atoms with Crippen LogP contribution in [0, 0.1) is 6.92 Å². The van der Waals surface area contributed by atoms with Crippen molar-refractivity contribution in [3.8, 4) is 0 Å². The second-order valence-electron chi connectivity index (χ2n) is 5.82. The molecule has 3 rings (SSSR count). The summed E-state index contributed by atoms with van der Waals surface area (Å²) in [6.45, 7) is 3.96. The lowest BCUT2D eigenvalue weighted by Crippen LogP contribution is -2.32. The maximum Gasteiger partial charge on any atom is 0.272 e. The first-order chi connectivity index (χ1) is 11.2. The fourth-order valence-corrected chi connectivity index (χ4v) is 2.79. The third-order valence-electron chi connectivity index (χ3n) is 3.97. The van der Waals surface area contributed by atoms with E-state index in [0.29, 0.717) is 23.9 Å². The third-order valence-corrected chi connectivity index (χ3v) is 3.97.